The van der Waals surface area contributed by atoms with Crippen molar-refractivity contribution in [1.29, 1.82) is 0 Å². The molecule has 3 unspecified atom stereocenters. The van der Waals surface area contributed by atoms with Crippen LogP contribution in [0.15, 0.2) is 6.07 Å². The van der Waals surface area contributed by atoms with E-state index >= 15 is 0 Å². The van der Waals surface area contributed by atoms with Crippen LogP contribution in [-0.4, -0.2) is 47.7 Å². The number of hydrogen-bond acceptors (Lipinski definition) is 5. The highest BCUT2D eigenvalue weighted by Crippen LogP contribution is 2.42. The van der Waals surface area contributed by atoms with Gasteiger partial charge in [0.05, 0.1) is 11.1 Å². The molecule has 2 saturated heterocycles. The number of halogens is 2. The maximum atomic E-state index is 15.0. The highest BCUT2D eigenvalue weighted by Gasteiger charge is 2.48. The summed E-state index contributed by atoms with van der Waals surface area (Å²) in [7, 11) is 0. The molecule has 0 saturated carbocycles. The number of piperidine rings is 2. The Morgan fingerprint density at radius 3 is 2.31 bits per heavy atom. The van der Waals surface area contributed by atoms with Gasteiger partial charge < -0.3 is 5.32 Å². The van der Waals surface area contributed by atoms with Crippen LogP contribution in [0.3, 0.4) is 0 Å². The van der Waals surface area contributed by atoms with E-state index in [2.05, 4.69) is 10.6 Å². The van der Waals surface area contributed by atoms with Crippen LogP contribution < -0.4 is 10.6 Å². The number of rotatable bonds is 2. The molecule has 1 aromatic carbocycles. The Labute approximate surface area is 165 Å². The number of carbonyl (C=O) groups excluding carboxylic acids is 4. The lowest BCUT2D eigenvalue weighted by Gasteiger charge is -2.36. The lowest BCUT2D eigenvalue weighted by molar-refractivity contribution is -0.136. The van der Waals surface area contributed by atoms with Gasteiger partial charge in [-0.25, -0.2) is 8.78 Å². The number of carbonyl (C=O) groups is 4. The fourth-order valence-electron chi connectivity index (χ4n) is 4.83. The van der Waals surface area contributed by atoms with Gasteiger partial charge in [-0.2, -0.15) is 0 Å². The molecule has 0 spiro atoms. The second kappa shape index (κ2) is 6.98. The Morgan fingerprint density at radius 2 is 1.69 bits per heavy atom. The quantitative estimate of drug-likeness (QED) is 0.724. The summed E-state index contributed by atoms with van der Waals surface area (Å²) in [6.45, 7) is 4.89. The fraction of sp³-hybridized carbons (Fsp3) is 0.500. The zero-order chi connectivity index (χ0) is 21.0. The minimum Gasteiger partial charge on any atom is -0.316 e. The maximum Gasteiger partial charge on any atom is 0.262 e. The van der Waals surface area contributed by atoms with Crippen LogP contribution in [-0.2, 0) is 9.59 Å². The second-order valence-corrected chi connectivity index (χ2v) is 8.09. The Morgan fingerprint density at radius 1 is 1.03 bits per heavy atom. The monoisotopic (exact) mass is 405 g/mol. The molecule has 1 aromatic rings. The molecule has 3 heterocycles. The number of hydrogen-bond donors (Lipinski definition) is 2. The third kappa shape index (κ3) is 2.95. The number of nitrogens with one attached hydrogen (secondary N) is 2. The normalized spacial score (nSPS) is 29.9. The van der Waals surface area contributed by atoms with E-state index in [0.29, 0.717) is 13.1 Å². The van der Waals surface area contributed by atoms with Gasteiger partial charge in [0.1, 0.15) is 6.04 Å². The molecule has 3 atom stereocenters. The SMILES string of the molecule is CC1CNCC(C)C1c1c(F)c(F)cc2c1C(=O)N(C1CCC(=O)NC1=O)C2=O. The first-order chi connectivity index (χ1) is 13.7. The number of amides is 4. The number of nitrogens with zero attached hydrogens (tertiary/aromatic N) is 1. The zero-order valence-corrected chi connectivity index (χ0v) is 16.1. The van der Waals surface area contributed by atoms with Gasteiger partial charge in [-0.15, -0.1) is 0 Å². The molecule has 3 aliphatic heterocycles. The van der Waals surface area contributed by atoms with Crippen LogP contribution in [0.25, 0.3) is 0 Å². The van der Waals surface area contributed by atoms with Gasteiger partial charge in [0, 0.05) is 12.0 Å². The summed E-state index contributed by atoms with van der Waals surface area (Å²) < 4.78 is 29.4. The van der Waals surface area contributed by atoms with E-state index in [4.69, 9.17) is 0 Å². The first-order valence-electron chi connectivity index (χ1n) is 9.66. The van der Waals surface area contributed by atoms with Gasteiger partial charge in [0.15, 0.2) is 11.6 Å². The van der Waals surface area contributed by atoms with Crippen LogP contribution >= 0.6 is 0 Å². The summed E-state index contributed by atoms with van der Waals surface area (Å²) in [5.41, 5.74) is -0.481. The van der Waals surface area contributed by atoms with Crippen molar-refractivity contribution >= 4 is 23.6 Å². The van der Waals surface area contributed by atoms with Gasteiger partial charge in [-0.05, 0) is 43.3 Å². The van der Waals surface area contributed by atoms with Crippen LogP contribution in [0.5, 0.6) is 0 Å². The molecular formula is C20H21F2N3O4. The number of benzene rings is 1. The van der Waals surface area contributed by atoms with Crippen LogP contribution in [0, 0.1) is 23.5 Å². The topological polar surface area (TPSA) is 95.6 Å². The summed E-state index contributed by atoms with van der Waals surface area (Å²) >= 11 is 0. The van der Waals surface area contributed by atoms with Crippen molar-refractivity contribution in [2.24, 2.45) is 11.8 Å². The maximum absolute atomic E-state index is 15.0. The molecule has 4 rings (SSSR count). The Balaban J connectivity index is 1.83. The van der Waals surface area contributed by atoms with E-state index in [1.807, 2.05) is 13.8 Å². The van der Waals surface area contributed by atoms with E-state index < -0.39 is 47.2 Å². The van der Waals surface area contributed by atoms with E-state index in [1.54, 1.807) is 0 Å². The van der Waals surface area contributed by atoms with Crippen LogP contribution in [0.2, 0.25) is 0 Å². The molecule has 154 valence electrons. The highest BCUT2D eigenvalue weighted by molar-refractivity contribution is 6.24. The highest BCUT2D eigenvalue weighted by atomic mass is 19.2. The van der Waals surface area contributed by atoms with Crippen LogP contribution in [0.1, 0.15) is 58.9 Å². The molecule has 0 bridgehead atoms. The molecule has 2 N–H and O–H groups in total. The van der Waals surface area contributed by atoms with Crippen molar-refractivity contribution in [3.8, 4) is 0 Å². The van der Waals surface area contributed by atoms with Crippen molar-refractivity contribution < 1.29 is 28.0 Å². The third-order valence-electron chi connectivity index (χ3n) is 6.15. The molecule has 0 aromatic heterocycles. The molecule has 0 radical (unpaired) electrons. The van der Waals surface area contributed by atoms with Gasteiger partial charge in [0.2, 0.25) is 11.8 Å². The average Bonchev–Trinajstić information content (AvgIpc) is 2.89. The number of fused-ring (bicyclic) bond motifs is 1. The smallest absolute Gasteiger partial charge is 0.262 e. The fourth-order valence-corrected chi connectivity index (χ4v) is 4.83. The van der Waals surface area contributed by atoms with Crippen molar-refractivity contribution in [1.82, 2.24) is 15.5 Å². The first kappa shape index (κ1) is 19.6. The molecule has 9 heteroatoms. The van der Waals surface area contributed by atoms with Crippen molar-refractivity contribution in [3.63, 3.8) is 0 Å². The Kier molecular flexibility index (Phi) is 4.72. The average molecular weight is 405 g/mol. The summed E-state index contributed by atoms with van der Waals surface area (Å²) in [6.07, 6.45) is -0.0433. The molecule has 29 heavy (non-hydrogen) atoms. The van der Waals surface area contributed by atoms with E-state index in [9.17, 15) is 28.0 Å². The lowest BCUT2D eigenvalue weighted by Crippen LogP contribution is -2.54. The Bertz CT molecular complexity index is 938. The predicted molar refractivity (Wildman–Crippen MR) is 97.0 cm³/mol. The summed E-state index contributed by atoms with van der Waals surface area (Å²) in [5, 5.41) is 5.32. The standard InChI is InChI=1S/C20H21F2N3O4/c1-8-6-23-7-9(2)14(8)16-15-10(5-11(21)17(16)22)19(28)25(20(15)29)12-3-4-13(26)24-18(12)27/h5,8-9,12,14,23H,3-4,6-7H2,1-2H3,(H,24,26,27). The van der Waals surface area contributed by atoms with E-state index in [0.717, 1.165) is 11.0 Å². The molecular weight excluding hydrogens is 384 g/mol. The second-order valence-electron chi connectivity index (χ2n) is 8.09. The summed E-state index contributed by atoms with van der Waals surface area (Å²) in [4.78, 5) is 50.5. The summed E-state index contributed by atoms with van der Waals surface area (Å²) in [6, 6.07) is -0.446. The molecule has 7 nitrogen and oxygen atoms in total. The molecule has 4 amide bonds. The zero-order valence-electron chi connectivity index (χ0n) is 16.1. The van der Waals surface area contributed by atoms with E-state index in [-0.39, 0.29) is 41.4 Å². The summed E-state index contributed by atoms with van der Waals surface area (Å²) in [5.74, 6) is -5.86. The van der Waals surface area contributed by atoms with Crippen LogP contribution in [0.4, 0.5) is 8.78 Å². The van der Waals surface area contributed by atoms with E-state index in [1.165, 1.54) is 0 Å². The minimum absolute atomic E-state index is 0.0173. The number of imide groups is 2. The Hall–Kier alpha value is -2.68. The largest absolute Gasteiger partial charge is 0.316 e. The van der Waals surface area contributed by atoms with Crippen molar-refractivity contribution in [2.75, 3.05) is 13.1 Å². The first-order valence-corrected chi connectivity index (χ1v) is 9.66. The van der Waals surface area contributed by atoms with Crippen molar-refractivity contribution in [2.45, 2.75) is 38.6 Å². The third-order valence-corrected chi connectivity index (χ3v) is 6.15. The predicted octanol–water partition coefficient (Wildman–Crippen LogP) is 1.32. The lowest BCUT2D eigenvalue weighted by atomic mass is 9.73. The molecule has 3 aliphatic rings. The van der Waals surface area contributed by atoms with Gasteiger partial charge in [-0.3, -0.25) is 29.4 Å². The van der Waals surface area contributed by atoms with Gasteiger partial charge in [-0.1, -0.05) is 13.8 Å². The van der Waals surface area contributed by atoms with Crippen molar-refractivity contribution in [3.05, 3.63) is 34.4 Å². The minimum atomic E-state index is -1.19. The van der Waals surface area contributed by atoms with Gasteiger partial charge >= 0.3 is 0 Å². The molecule has 2 fully saturated rings. The molecule has 0 aliphatic carbocycles. The van der Waals surface area contributed by atoms with Gasteiger partial charge in [0.25, 0.3) is 11.8 Å².